The maximum atomic E-state index is 5.81. The molecule has 0 saturated carbocycles. The van der Waals surface area contributed by atoms with Crippen molar-refractivity contribution in [3.05, 3.63) is 55.2 Å². The van der Waals surface area contributed by atoms with Crippen LogP contribution in [-0.4, -0.2) is 19.6 Å². The fraction of sp³-hybridized carbons (Fsp3) is 0. The van der Waals surface area contributed by atoms with Gasteiger partial charge in [-0.2, -0.15) is 5.10 Å². The first-order chi connectivity index (χ1) is 10.3. The van der Waals surface area contributed by atoms with Crippen LogP contribution in [0.25, 0.3) is 28.2 Å². The average molecular weight is 277 g/mol. The first-order valence-corrected chi connectivity index (χ1v) is 6.42. The third kappa shape index (κ3) is 1.85. The van der Waals surface area contributed by atoms with E-state index in [0.717, 1.165) is 16.8 Å². The van der Waals surface area contributed by atoms with E-state index in [-0.39, 0.29) is 0 Å². The van der Waals surface area contributed by atoms with Crippen LogP contribution in [0, 0.1) is 0 Å². The van der Waals surface area contributed by atoms with Gasteiger partial charge in [-0.05, 0) is 35.9 Å². The monoisotopic (exact) mass is 277 g/mol. The lowest BCUT2D eigenvalue weighted by molar-refractivity contribution is 0.579. The van der Waals surface area contributed by atoms with Gasteiger partial charge in [0.1, 0.15) is 11.5 Å². The Kier molecular flexibility index (Phi) is 2.47. The highest BCUT2D eigenvalue weighted by Crippen LogP contribution is 2.34. The maximum Gasteiger partial charge on any atom is 0.165 e. The molecule has 4 aromatic heterocycles. The number of anilines is 1. The summed E-state index contributed by atoms with van der Waals surface area (Å²) in [4.78, 5) is 8.45. The van der Waals surface area contributed by atoms with E-state index in [0.29, 0.717) is 17.2 Å². The smallest absolute Gasteiger partial charge is 0.165 e. The number of aromatic nitrogens is 4. The molecular weight excluding hydrogens is 266 g/mol. The molecule has 6 nitrogen and oxygen atoms in total. The summed E-state index contributed by atoms with van der Waals surface area (Å²) in [6.45, 7) is 0. The first kappa shape index (κ1) is 11.7. The van der Waals surface area contributed by atoms with Crippen LogP contribution in [0.1, 0.15) is 0 Å². The lowest BCUT2D eigenvalue weighted by Crippen LogP contribution is -1.95. The van der Waals surface area contributed by atoms with Gasteiger partial charge in [0.25, 0.3) is 0 Å². The molecule has 4 rings (SSSR count). The largest absolute Gasteiger partial charge is 0.463 e. The fourth-order valence-electron chi connectivity index (χ4n) is 2.31. The van der Waals surface area contributed by atoms with E-state index in [1.165, 1.54) is 0 Å². The van der Waals surface area contributed by atoms with Gasteiger partial charge >= 0.3 is 0 Å². The molecule has 0 bridgehead atoms. The quantitative estimate of drug-likeness (QED) is 0.609. The van der Waals surface area contributed by atoms with Crippen molar-refractivity contribution in [1.29, 1.82) is 0 Å². The number of nitrogens with two attached hydrogens (primary N) is 1. The minimum atomic E-state index is 0.448. The van der Waals surface area contributed by atoms with Gasteiger partial charge in [0.15, 0.2) is 11.4 Å². The summed E-state index contributed by atoms with van der Waals surface area (Å²) in [7, 11) is 0. The molecule has 0 aliphatic heterocycles. The van der Waals surface area contributed by atoms with Crippen molar-refractivity contribution in [2.45, 2.75) is 0 Å². The van der Waals surface area contributed by atoms with Crippen LogP contribution in [0.15, 0.2) is 59.6 Å². The summed E-state index contributed by atoms with van der Waals surface area (Å²) in [5.41, 5.74) is 9.06. The summed E-state index contributed by atoms with van der Waals surface area (Å²) in [5, 5.41) is 4.56. The highest BCUT2D eigenvalue weighted by molar-refractivity contribution is 5.89. The Hall–Kier alpha value is -3.15. The van der Waals surface area contributed by atoms with Crippen LogP contribution in [0.2, 0.25) is 0 Å². The summed E-state index contributed by atoms with van der Waals surface area (Å²) in [5.74, 6) is 1.13. The van der Waals surface area contributed by atoms with E-state index in [4.69, 9.17) is 10.2 Å². The van der Waals surface area contributed by atoms with Crippen molar-refractivity contribution >= 4 is 11.5 Å². The van der Waals surface area contributed by atoms with Crippen LogP contribution in [0.4, 0.5) is 5.82 Å². The summed E-state index contributed by atoms with van der Waals surface area (Å²) < 4.78 is 7.19. The third-order valence-corrected chi connectivity index (χ3v) is 3.23. The molecule has 0 spiro atoms. The highest BCUT2D eigenvalue weighted by Gasteiger charge is 2.19. The van der Waals surface area contributed by atoms with Gasteiger partial charge in [-0.1, -0.05) is 0 Å². The van der Waals surface area contributed by atoms with Crippen LogP contribution < -0.4 is 5.73 Å². The second-order valence-corrected chi connectivity index (χ2v) is 4.56. The van der Waals surface area contributed by atoms with E-state index in [9.17, 15) is 0 Å². The predicted octanol–water partition coefficient (Wildman–Crippen LogP) is 2.63. The normalized spacial score (nSPS) is 11.0. The molecule has 21 heavy (non-hydrogen) atoms. The molecule has 0 aromatic carbocycles. The molecule has 0 saturated heterocycles. The van der Waals surface area contributed by atoms with E-state index in [2.05, 4.69) is 15.1 Å². The minimum absolute atomic E-state index is 0.448. The molecule has 4 aromatic rings. The molecular formula is C15H11N5O. The van der Waals surface area contributed by atoms with Crippen molar-refractivity contribution in [3.8, 4) is 22.6 Å². The number of nitrogens with zero attached hydrogens (tertiary/aromatic N) is 4. The molecule has 0 atom stereocenters. The number of hydrogen-bond donors (Lipinski definition) is 1. The molecule has 0 radical (unpaired) electrons. The Labute approximate surface area is 119 Å². The lowest BCUT2D eigenvalue weighted by Gasteiger charge is -2.01. The first-order valence-electron chi connectivity index (χ1n) is 6.42. The minimum Gasteiger partial charge on any atom is -0.463 e. The number of fused-ring (bicyclic) bond motifs is 1. The van der Waals surface area contributed by atoms with Gasteiger partial charge in [-0.15, -0.1) is 0 Å². The van der Waals surface area contributed by atoms with Crippen LogP contribution in [0.5, 0.6) is 0 Å². The van der Waals surface area contributed by atoms with Gasteiger partial charge < -0.3 is 10.2 Å². The number of nitrogen functional groups attached to an aromatic ring is 1. The second kappa shape index (κ2) is 4.45. The summed E-state index contributed by atoms with van der Waals surface area (Å²) >= 11 is 0. The molecule has 4 heterocycles. The van der Waals surface area contributed by atoms with Crippen molar-refractivity contribution in [2.24, 2.45) is 0 Å². The molecule has 0 aliphatic rings. The van der Waals surface area contributed by atoms with E-state index < -0.39 is 0 Å². The van der Waals surface area contributed by atoms with E-state index in [1.54, 1.807) is 35.4 Å². The molecule has 0 unspecified atom stereocenters. The van der Waals surface area contributed by atoms with Gasteiger partial charge in [-0.25, -0.2) is 9.50 Å². The van der Waals surface area contributed by atoms with Crippen LogP contribution in [-0.2, 0) is 0 Å². The molecule has 2 N–H and O–H groups in total. The van der Waals surface area contributed by atoms with Crippen molar-refractivity contribution < 1.29 is 4.42 Å². The molecule has 102 valence electrons. The summed E-state index contributed by atoms with van der Waals surface area (Å²) in [6.07, 6.45) is 6.88. The number of furan rings is 1. The van der Waals surface area contributed by atoms with Crippen LogP contribution >= 0.6 is 0 Å². The van der Waals surface area contributed by atoms with Crippen LogP contribution in [0.3, 0.4) is 0 Å². The zero-order valence-corrected chi connectivity index (χ0v) is 11.0. The Morgan fingerprint density at radius 2 is 1.95 bits per heavy atom. The van der Waals surface area contributed by atoms with E-state index >= 15 is 0 Å². The van der Waals surface area contributed by atoms with E-state index in [1.807, 2.05) is 24.3 Å². The summed E-state index contributed by atoms with van der Waals surface area (Å²) in [6, 6.07) is 9.23. The lowest BCUT2D eigenvalue weighted by atomic mass is 10.1. The standard InChI is InChI=1S/C15H11N5O/c16-12-5-8-20-15(18-12)13(10-3-6-17-7-4-10)14(19-20)11-2-1-9-21-11/h1-9H,(H2,16,18). The Morgan fingerprint density at radius 3 is 2.71 bits per heavy atom. The fourth-order valence-corrected chi connectivity index (χ4v) is 2.31. The Balaban J connectivity index is 2.09. The van der Waals surface area contributed by atoms with Gasteiger partial charge in [0.2, 0.25) is 0 Å². The van der Waals surface area contributed by atoms with Gasteiger partial charge in [-0.3, -0.25) is 4.98 Å². The third-order valence-electron chi connectivity index (χ3n) is 3.23. The van der Waals surface area contributed by atoms with Gasteiger partial charge in [0.05, 0.1) is 11.8 Å². The van der Waals surface area contributed by atoms with Crippen molar-refractivity contribution in [3.63, 3.8) is 0 Å². The predicted molar refractivity (Wildman–Crippen MR) is 78.3 cm³/mol. The molecule has 0 amide bonds. The molecule has 6 heteroatoms. The topological polar surface area (TPSA) is 82.2 Å². The second-order valence-electron chi connectivity index (χ2n) is 4.56. The highest BCUT2D eigenvalue weighted by atomic mass is 16.3. The maximum absolute atomic E-state index is 5.81. The molecule has 0 fully saturated rings. The Morgan fingerprint density at radius 1 is 1.10 bits per heavy atom. The number of pyridine rings is 1. The number of hydrogen-bond acceptors (Lipinski definition) is 5. The average Bonchev–Trinajstić information content (AvgIpc) is 3.14. The Bertz CT molecular complexity index is 897. The van der Waals surface area contributed by atoms with Gasteiger partial charge in [0, 0.05) is 18.6 Å². The van der Waals surface area contributed by atoms with Crippen molar-refractivity contribution in [1.82, 2.24) is 19.6 Å². The zero-order chi connectivity index (χ0) is 14.2. The molecule has 0 aliphatic carbocycles. The SMILES string of the molecule is Nc1ccn2nc(-c3ccco3)c(-c3ccncc3)c2n1. The van der Waals surface area contributed by atoms with Crippen molar-refractivity contribution in [2.75, 3.05) is 5.73 Å². The number of rotatable bonds is 2. The zero-order valence-electron chi connectivity index (χ0n) is 11.0.